The van der Waals surface area contributed by atoms with Crippen molar-refractivity contribution >= 4 is 5.97 Å². The number of hydrogen-bond acceptors (Lipinski definition) is 3. The highest BCUT2D eigenvalue weighted by Gasteiger charge is 2.36. The van der Waals surface area contributed by atoms with Gasteiger partial charge >= 0.3 is 12.1 Å². The molecule has 3 aromatic rings. The van der Waals surface area contributed by atoms with Crippen LogP contribution in [-0.2, 0) is 17.5 Å². The summed E-state index contributed by atoms with van der Waals surface area (Å²) < 4.78 is 45.2. The molecular weight excluding hydrogens is 407 g/mol. The molecule has 160 valence electrons. The number of carbonyl (C=O) groups is 1. The van der Waals surface area contributed by atoms with E-state index in [9.17, 15) is 23.1 Å². The van der Waals surface area contributed by atoms with Gasteiger partial charge in [-0.25, -0.2) is 0 Å². The number of rotatable bonds is 4. The zero-order valence-electron chi connectivity index (χ0n) is 16.5. The summed E-state index contributed by atoms with van der Waals surface area (Å²) >= 11 is 0. The minimum absolute atomic E-state index is 0.0146. The normalized spacial score (nSPS) is 16.8. The molecule has 1 N–H and O–H groups in total. The maximum Gasteiger partial charge on any atom is 0.416 e. The van der Waals surface area contributed by atoms with Crippen LogP contribution in [0.3, 0.4) is 0 Å². The third-order valence-electron chi connectivity index (χ3n) is 5.31. The van der Waals surface area contributed by atoms with Gasteiger partial charge < -0.3 is 9.84 Å². The third kappa shape index (κ3) is 4.56. The topological polar surface area (TPSA) is 49.8 Å². The Morgan fingerprint density at radius 1 is 1.00 bits per heavy atom. The maximum absolute atomic E-state index is 13.2. The number of aliphatic carboxylic acids is 1. The minimum Gasteiger partial charge on any atom is -0.492 e. The predicted molar refractivity (Wildman–Crippen MR) is 110 cm³/mol. The summed E-state index contributed by atoms with van der Waals surface area (Å²) in [4.78, 5) is 13.7. The standard InChI is InChI=1S/C24H20F3NO3/c25-24(26,27)19-10-11-21-20(14-19)22(23(29)30)28(12-13-31-21)15-16-6-8-18(9-7-16)17-4-2-1-3-5-17/h1-11,14,22H,12-13,15H2,(H,29,30). The van der Waals surface area contributed by atoms with Gasteiger partial charge in [0.15, 0.2) is 0 Å². The monoisotopic (exact) mass is 427 g/mol. The van der Waals surface area contributed by atoms with Crippen molar-refractivity contribution in [1.82, 2.24) is 4.90 Å². The van der Waals surface area contributed by atoms with Crippen molar-refractivity contribution < 1.29 is 27.8 Å². The molecule has 0 aromatic heterocycles. The molecule has 1 unspecified atom stereocenters. The molecule has 1 aliphatic heterocycles. The SMILES string of the molecule is O=C(O)C1c2cc(C(F)(F)F)ccc2OCCN1Cc1ccc(-c2ccccc2)cc1. The van der Waals surface area contributed by atoms with E-state index in [0.29, 0.717) is 0 Å². The fraction of sp³-hybridized carbons (Fsp3) is 0.208. The van der Waals surface area contributed by atoms with Gasteiger partial charge in [-0.05, 0) is 34.9 Å². The average molecular weight is 427 g/mol. The van der Waals surface area contributed by atoms with Crippen molar-refractivity contribution in [2.24, 2.45) is 0 Å². The van der Waals surface area contributed by atoms with Gasteiger partial charge in [0.2, 0.25) is 0 Å². The van der Waals surface area contributed by atoms with Crippen molar-refractivity contribution in [3.63, 3.8) is 0 Å². The van der Waals surface area contributed by atoms with E-state index in [1.165, 1.54) is 6.07 Å². The Morgan fingerprint density at radius 2 is 1.68 bits per heavy atom. The number of nitrogens with zero attached hydrogens (tertiary/aromatic N) is 1. The van der Waals surface area contributed by atoms with Crippen molar-refractivity contribution in [3.05, 3.63) is 89.5 Å². The highest BCUT2D eigenvalue weighted by molar-refractivity contribution is 5.77. The Balaban J connectivity index is 1.63. The predicted octanol–water partition coefficient (Wildman–Crippen LogP) is 5.39. The average Bonchev–Trinajstić information content (AvgIpc) is 2.92. The second-order valence-electron chi connectivity index (χ2n) is 7.37. The van der Waals surface area contributed by atoms with Crippen LogP contribution in [0.25, 0.3) is 11.1 Å². The highest BCUT2D eigenvalue weighted by atomic mass is 19.4. The molecule has 0 fully saturated rings. The lowest BCUT2D eigenvalue weighted by atomic mass is 10.00. The maximum atomic E-state index is 13.2. The molecule has 7 heteroatoms. The molecule has 0 saturated heterocycles. The van der Waals surface area contributed by atoms with Crippen LogP contribution in [-0.4, -0.2) is 29.1 Å². The lowest BCUT2D eigenvalue weighted by molar-refractivity contribution is -0.144. The molecule has 0 spiro atoms. The molecule has 4 rings (SSSR count). The number of carboxylic acid groups (broad SMARTS) is 1. The number of ether oxygens (including phenoxy) is 1. The Labute approximate surface area is 177 Å². The fourth-order valence-corrected chi connectivity index (χ4v) is 3.80. The van der Waals surface area contributed by atoms with Gasteiger partial charge in [0, 0.05) is 18.7 Å². The van der Waals surface area contributed by atoms with E-state index in [-0.39, 0.29) is 31.0 Å². The van der Waals surface area contributed by atoms with E-state index in [0.717, 1.165) is 28.8 Å². The Bertz CT molecular complexity index is 1070. The van der Waals surface area contributed by atoms with E-state index in [1.54, 1.807) is 4.90 Å². The van der Waals surface area contributed by atoms with Crippen LogP contribution in [0.4, 0.5) is 13.2 Å². The van der Waals surface area contributed by atoms with Crippen LogP contribution < -0.4 is 4.74 Å². The molecule has 1 atom stereocenters. The first-order valence-electron chi connectivity index (χ1n) is 9.78. The first-order valence-corrected chi connectivity index (χ1v) is 9.78. The lowest BCUT2D eigenvalue weighted by Gasteiger charge is -2.27. The highest BCUT2D eigenvalue weighted by Crippen LogP contribution is 2.38. The van der Waals surface area contributed by atoms with Crippen molar-refractivity contribution in [2.75, 3.05) is 13.2 Å². The molecule has 1 aliphatic rings. The molecule has 4 nitrogen and oxygen atoms in total. The first-order chi connectivity index (χ1) is 14.8. The molecule has 31 heavy (non-hydrogen) atoms. The zero-order chi connectivity index (χ0) is 22.0. The van der Waals surface area contributed by atoms with Crippen LogP contribution >= 0.6 is 0 Å². The van der Waals surface area contributed by atoms with Crippen molar-refractivity contribution in [2.45, 2.75) is 18.8 Å². The summed E-state index contributed by atoms with van der Waals surface area (Å²) in [5.74, 6) is -1.05. The molecule has 0 bridgehead atoms. The van der Waals surface area contributed by atoms with E-state index < -0.39 is 23.8 Å². The first kappa shape index (κ1) is 20.9. The van der Waals surface area contributed by atoms with E-state index in [2.05, 4.69) is 0 Å². The van der Waals surface area contributed by atoms with Crippen LogP contribution in [0.2, 0.25) is 0 Å². The Hall–Kier alpha value is -3.32. The van der Waals surface area contributed by atoms with Crippen LogP contribution in [0.1, 0.15) is 22.7 Å². The van der Waals surface area contributed by atoms with Gasteiger partial charge in [-0.2, -0.15) is 13.2 Å². The fourth-order valence-electron chi connectivity index (χ4n) is 3.80. The van der Waals surface area contributed by atoms with Gasteiger partial charge in [-0.3, -0.25) is 9.69 Å². The van der Waals surface area contributed by atoms with Gasteiger partial charge in [0.1, 0.15) is 18.4 Å². The van der Waals surface area contributed by atoms with Crippen molar-refractivity contribution in [3.8, 4) is 16.9 Å². The summed E-state index contributed by atoms with van der Waals surface area (Å²) in [6, 6.07) is 19.3. The third-order valence-corrected chi connectivity index (χ3v) is 5.31. The van der Waals surface area contributed by atoms with Crippen LogP contribution in [0.5, 0.6) is 5.75 Å². The summed E-state index contributed by atoms with van der Waals surface area (Å²) in [6.07, 6.45) is -4.57. The van der Waals surface area contributed by atoms with Crippen molar-refractivity contribution in [1.29, 1.82) is 0 Å². The number of alkyl halides is 3. The zero-order valence-corrected chi connectivity index (χ0v) is 16.5. The largest absolute Gasteiger partial charge is 0.492 e. The van der Waals surface area contributed by atoms with E-state index in [4.69, 9.17) is 4.74 Å². The molecule has 0 radical (unpaired) electrons. The molecule has 1 heterocycles. The van der Waals surface area contributed by atoms with Gasteiger partial charge in [0.25, 0.3) is 0 Å². The lowest BCUT2D eigenvalue weighted by Crippen LogP contribution is -2.34. The second-order valence-corrected chi connectivity index (χ2v) is 7.37. The quantitative estimate of drug-likeness (QED) is 0.606. The molecule has 0 aliphatic carbocycles. The molecular formula is C24H20F3NO3. The number of benzene rings is 3. The number of carboxylic acids is 1. The Kier molecular flexibility index (Phi) is 5.69. The van der Waals surface area contributed by atoms with Gasteiger partial charge in [0.05, 0.1) is 5.56 Å². The molecule has 3 aromatic carbocycles. The summed E-state index contributed by atoms with van der Waals surface area (Å²) in [5, 5.41) is 9.87. The van der Waals surface area contributed by atoms with Gasteiger partial charge in [-0.15, -0.1) is 0 Å². The van der Waals surface area contributed by atoms with E-state index >= 15 is 0 Å². The second kappa shape index (κ2) is 8.43. The van der Waals surface area contributed by atoms with Crippen LogP contribution in [0.15, 0.2) is 72.8 Å². The number of hydrogen-bond donors (Lipinski definition) is 1. The number of fused-ring (bicyclic) bond motifs is 1. The molecule has 0 saturated carbocycles. The smallest absolute Gasteiger partial charge is 0.416 e. The molecule has 0 amide bonds. The summed E-state index contributed by atoms with van der Waals surface area (Å²) in [6.45, 7) is 0.725. The minimum atomic E-state index is -4.57. The summed E-state index contributed by atoms with van der Waals surface area (Å²) in [5.41, 5.74) is 2.07. The van der Waals surface area contributed by atoms with Crippen LogP contribution in [0, 0.1) is 0 Å². The van der Waals surface area contributed by atoms with E-state index in [1.807, 2.05) is 54.6 Å². The Morgan fingerprint density at radius 3 is 2.32 bits per heavy atom. The van der Waals surface area contributed by atoms with Gasteiger partial charge in [-0.1, -0.05) is 54.6 Å². The number of halogens is 3. The summed E-state index contributed by atoms with van der Waals surface area (Å²) in [7, 11) is 0.